The van der Waals surface area contributed by atoms with Crippen LogP contribution in [-0.4, -0.2) is 10.8 Å². The Hall–Kier alpha value is -2.03. The van der Waals surface area contributed by atoms with Crippen LogP contribution in [0, 0.1) is 5.82 Å². The van der Waals surface area contributed by atoms with Gasteiger partial charge in [0.1, 0.15) is 5.69 Å². The molecule has 18 heavy (non-hydrogen) atoms. The number of hydrogen-bond donors (Lipinski definition) is 0. The molecule has 90 valence electrons. The first-order valence-electron chi connectivity index (χ1n) is 5.97. The first-order chi connectivity index (χ1) is 8.75. The van der Waals surface area contributed by atoms with Gasteiger partial charge in [0.05, 0.1) is 0 Å². The molecule has 0 aliphatic heterocycles. The SMILES string of the molecule is O=C(CC1Cc2ccccc21)c1ncccc1F. The van der Waals surface area contributed by atoms with Crippen LogP contribution >= 0.6 is 0 Å². The third kappa shape index (κ3) is 1.82. The molecule has 2 nitrogen and oxygen atoms in total. The molecule has 0 fully saturated rings. The van der Waals surface area contributed by atoms with Crippen molar-refractivity contribution in [1.29, 1.82) is 0 Å². The van der Waals surface area contributed by atoms with Gasteiger partial charge in [-0.15, -0.1) is 0 Å². The van der Waals surface area contributed by atoms with Crippen molar-refractivity contribution < 1.29 is 9.18 Å². The summed E-state index contributed by atoms with van der Waals surface area (Å²) in [6, 6.07) is 10.8. The lowest BCUT2D eigenvalue weighted by molar-refractivity contribution is 0.0961. The molecule has 1 heterocycles. The minimum atomic E-state index is -0.532. The second kappa shape index (κ2) is 4.33. The van der Waals surface area contributed by atoms with Gasteiger partial charge in [0.15, 0.2) is 11.6 Å². The molecule has 0 spiro atoms. The van der Waals surface area contributed by atoms with E-state index in [1.165, 1.54) is 29.5 Å². The van der Waals surface area contributed by atoms with E-state index in [0.717, 1.165) is 6.42 Å². The molecule has 0 saturated heterocycles. The molecule has 0 saturated carbocycles. The van der Waals surface area contributed by atoms with E-state index < -0.39 is 5.82 Å². The Kier molecular flexibility index (Phi) is 2.67. The van der Waals surface area contributed by atoms with Crippen molar-refractivity contribution in [2.75, 3.05) is 0 Å². The predicted octanol–water partition coefficient (Wildman–Crippen LogP) is 3.13. The van der Waals surface area contributed by atoms with Gasteiger partial charge in [0, 0.05) is 12.6 Å². The number of ketones is 1. The maximum absolute atomic E-state index is 13.4. The van der Waals surface area contributed by atoms with E-state index in [0.29, 0.717) is 6.42 Å². The van der Waals surface area contributed by atoms with Gasteiger partial charge < -0.3 is 0 Å². The zero-order chi connectivity index (χ0) is 12.5. The Bertz CT molecular complexity index is 609. The number of benzene rings is 1. The molecule has 0 bridgehead atoms. The van der Waals surface area contributed by atoms with Crippen molar-refractivity contribution in [3.63, 3.8) is 0 Å². The van der Waals surface area contributed by atoms with Crippen LogP contribution in [0.15, 0.2) is 42.6 Å². The lowest BCUT2D eigenvalue weighted by atomic mass is 9.75. The van der Waals surface area contributed by atoms with Gasteiger partial charge in [-0.05, 0) is 35.6 Å². The van der Waals surface area contributed by atoms with E-state index in [-0.39, 0.29) is 17.4 Å². The Labute approximate surface area is 104 Å². The van der Waals surface area contributed by atoms with E-state index >= 15 is 0 Å². The minimum absolute atomic E-state index is 0.0399. The van der Waals surface area contributed by atoms with Crippen LogP contribution in [0.5, 0.6) is 0 Å². The van der Waals surface area contributed by atoms with Crippen molar-refractivity contribution >= 4 is 5.78 Å². The second-order valence-electron chi connectivity index (χ2n) is 4.56. The largest absolute Gasteiger partial charge is 0.292 e. The number of carbonyl (C=O) groups is 1. The van der Waals surface area contributed by atoms with Crippen LogP contribution in [0.3, 0.4) is 0 Å². The summed E-state index contributed by atoms with van der Waals surface area (Å²) in [6.07, 6.45) is 2.69. The van der Waals surface area contributed by atoms with Gasteiger partial charge in [-0.25, -0.2) is 4.39 Å². The second-order valence-corrected chi connectivity index (χ2v) is 4.56. The Morgan fingerprint density at radius 2 is 2.11 bits per heavy atom. The molecular weight excluding hydrogens is 229 g/mol. The standard InChI is InChI=1S/C15H12FNO/c16-13-6-3-7-17-15(13)14(18)9-11-8-10-4-1-2-5-12(10)11/h1-7,11H,8-9H2. The van der Waals surface area contributed by atoms with E-state index in [2.05, 4.69) is 11.1 Å². The van der Waals surface area contributed by atoms with E-state index in [4.69, 9.17) is 0 Å². The van der Waals surface area contributed by atoms with Crippen LogP contribution in [-0.2, 0) is 6.42 Å². The highest BCUT2D eigenvalue weighted by atomic mass is 19.1. The van der Waals surface area contributed by atoms with Gasteiger partial charge in [0.2, 0.25) is 0 Å². The molecular formula is C15H12FNO. The smallest absolute Gasteiger partial charge is 0.184 e. The summed E-state index contributed by atoms with van der Waals surface area (Å²) in [7, 11) is 0. The molecule has 1 aliphatic rings. The highest BCUT2D eigenvalue weighted by Gasteiger charge is 2.28. The average Bonchev–Trinajstić information content (AvgIpc) is 2.36. The molecule has 3 heteroatoms. The maximum atomic E-state index is 13.4. The summed E-state index contributed by atoms with van der Waals surface area (Å²) in [5, 5.41) is 0. The summed E-state index contributed by atoms with van der Waals surface area (Å²) < 4.78 is 13.4. The number of carbonyl (C=O) groups excluding carboxylic acids is 1. The molecule has 1 aromatic heterocycles. The Balaban J connectivity index is 1.76. The Morgan fingerprint density at radius 1 is 1.28 bits per heavy atom. The number of fused-ring (bicyclic) bond motifs is 1. The van der Waals surface area contributed by atoms with Gasteiger partial charge in [0.25, 0.3) is 0 Å². The quantitative estimate of drug-likeness (QED) is 0.773. The van der Waals surface area contributed by atoms with Gasteiger partial charge in [-0.2, -0.15) is 0 Å². The number of pyridine rings is 1. The predicted molar refractivity (Wildman–Crippen MR) is 66.0 cm³/mol. The molecule has 0 amide bonds. The van der Waals surface area contributed by atoms with Crippen LogP contribution in [0.4, 0.5) is 4.39 Å². The fourth-order valence-electron chi connectivity index (χ4n) is 2.46. The lowest BCUT2D eigenvalue weighted by Crippen LogP contribution is -2.21. The number of Topliss-reactive ketones (excluding diaryl/α,β-unsaturated/α-hetero) is 1. The maximum Gasteiger partial charge on any atom is 0.184 e. The average molecular weight is 241 g/mol. The van der Waals surface area contributed by atoms with Crippen molar-refractivity contribution in [2.24, 2.45) is 0 Å². The third-order valence-electron chi connectivity index (χ3n) is 3.42. The van der Waals surface area contributed by atoms with E-state index in [1.807, 2.05) is 18.2 Å². The highest BCUT2D eigenvalue weighted by molar-refractivity contribution is 5.95. The summed E-state index contributed by atoms with van der Waals surface area (Å²) in [5.74, 6) is -0.530. The van der Waals surface area contributed by atoms with Crippen LogP contribution in [0.2, 0.25) is 0 Å². The van der Waals surface area contributed by atoms with E-state index in [9.17, 15) is 9.18 Å². The van der Waals surface area contributed by atoms with Gasteiger partial charge in [-0.1, -0.05) is 24.3 Å². The normalized spacial score (nSPS) is 16.8. The highest BCUT2D eigenvalue weighted by Crippen LogP contribution is 2.37. The summed E-state index contributed by atoms with van der Waals surface area (Å²) >= 11 is 0. The molecule has 1 atom stereocenters. The first kappa shape index (κ1) is 11.1. The fourth-order valence-corrected chi connectivity index (χ4v) is 2.46. The van der Waals surface area contributed by atoms with Crippen molar-refractivity contribution in [3.8, 4) is 0 Å². The molecule has 1 aliphatic carbocycles. The van der Waals surface area contributed by atoms with Crippen LogP contribution in [0.1, 0.15) is 34.0 Å². The molecule has 1 aromatic carbocycles. The number of aromatic nitrogens is 1. The zero-order valence-corrected chi connectivity index (χ0v) is 9.77. The lowest BCUT2D eigenvalue weighted by Gasteiger charge is -2.29. The number of halogens is 1. The molecule has 0 radical (unpaired) electrons. The van der Waals surface area contributed by atoms with Crippen LogP contribution < -0.4 is 0 Å². The zero-order valence-electron chi connectivity index (χ0n) is 9.77. The van der Waals surface area contributed by atoms with Crippen molar-refractivity contribution in [1.82, 2.24) is 4.98 Å². The Morgan fingerprint density at radius 3 is 2.89 bits per heavy atom. The van der Waals surface area contributed by atoms with Crippen LogP contribution in [0.25, 0.3) is 0 Å². The molecule has 2 aromatic rings. The van der Waals surface area contributed by atoms with E-state index in [1.54, 1.807) is 0 Å². The molecule has 0 N–H and O–H groups in total. The number of rotatable bonds is 3. The summed E-state index contributed by atoms with van der Waals surface area (Å²) in [4.78, 5) is 15.8. The third-order valence-corrected chi connectivity index (χ3v) is 3.42. The minimum Gasteiger partial charge on any atom is -0.292 e. The first-order valence-corrected chi connectivity index (χ1v) is 5.97. The summed E-state index contributed by atoms with van der Waals surface area (Å²) in [6.45, 7) is 0. The van der Waals surface area contributed by atoms with Gasteiger partial charge >= 0.3 is 0 Å². The van der Waals surface area contributed by atoms with Gasteiger partial charge in [-0.3, -0.25) is 9.78 Å². The van der Waals surface area contributed by atoms with Crippen molar-refractivity contribution in [3.05, 3.63) is 65.2 Å². The fraction of sp³-hybridized carbons (Fsp3) is 0.200. The van der Waals surface area contributed by atoms with Crippen molar-refractivity contribution in [2.45, 2.75) is 18.8 Å². The topological polar surface area (TPSA) is 30.0 Å². The summed E-state index contributed by atoms with van der Waals surface area (Å²) in [5.41, 5.74) is 2.46. The number of hydrogen-bond acceptors (Lipinski definition) is 2. The molecule has 3 rings (SSSR count). The molecule has 1 unspecified atom stereocenters. The number of nitrogens with zero attached hydrogens (tertiary/aromatic N) is 1. The monoisotopic (exact) mass is 241 g/mol.